The molecule has 2 aromatic rings. The van der Waals surface area contributed by atoms with Crippen LogP contribution in [0.5, 0.6) is 0 Å². The van der Waals surface area contributed by atoms with Gasteiger partial charge in [0.2, 0.25) is 0 Å². The summed E-state index contributed by atoms with van der Waals surface area (Å²) >= 11 is 0. The number of hydrogen-bond acceptors (Lipinski definition) is 11. The van der Waals surface area contributed by atoms with E-state index in [1.54, 1.807) is 0 Å². The number of aromatic nitrogens is 4. The molecule has 0 aromatic carbocycles. The number of rotatable bonds is 5. The van der Waals surface area contributed by atoms with Gasteiger partial charge in [-0.1, -0.05) is 0 Å². The van der Waals surface area contributed by atoms with Crippen molar-refractivity contribution in [1.82, 2.24) is 19.1 Å². The van der Waals surface area contributed by atoms with Gasteiger partial charge in [0.15, 0.2) is 24.1 Å². The molecular weight excluding hydrogens is 402 g/mol. The molecule has 0 unspecified atom stereocenters. The first-order valence-electron chi connectivity index (χ1n) is 8.92. The van der Waals surface area contributed by atoms with Gasteiger partial charge in [0.1, 0.15) is 24.0 Å². The number of ether oxygens (including phenoxy) is 4. The Morgan fingerprint density at radius 2 is 1.77 bits per heavy atom. The van der Waals surface area contributed by atoms with Crippen molar-refractivity contribution < 1.29 is 33.3 Å². The molecule has 0 aliphatic carbocycles. The minimum Gasteiger partial charge on any atom is -0.463 e. The number of nitrogens with two attached hydrogens (primary N) is 1. The summed E-state index contributed by atoms with van der Waals surface area (Å²) in [4.78, 5) is 54.8. The van der Waals surface area contributed by atoms with Gasteiger partial charge < -0.3 is 24.7 Å². The number of hydrogen-bond donors (Lipinski definition) is 1. The van der Waals surface area contributed by atoms with E-state index in [0.717, 1.165) is 4.57 Å². The topological polar surface area (TPSA) is 167 Å². The van der Waals surface area contributed by atoms with Gasteiger partial charge in [0, 0.05) is 27.8 Å². The molecule has 0 amide bonds. The van der Waals surface area contributed by atoms with Crippen molar-refractivity contribution in [3.8, 4) is 0 Å². The molecule has 13 nitrogen and oxygen atoms in total. The Morgan fingerprint density at radius 3 is 2.37 bits per heavy atom. The summed E-state index contributed by atoms with van der Waals surface area (Å²) in [5.41, 5.74) is 5.64. The van der Waals surface area contributed by atoms with Gasteiger partial charge in [-0.25, -0.2) is 9.78 Å². The molecule has 0 radical (unpaired) electrons. The lowest BCUT2D eigenvalue weighted by Gasteiger charge is -2.23. The molecule has 1 aliphatic heterocycles. The van der Waals surface area contributed by atoms with E-state index in [1.807, 2.05) is 0 Å². The van der Waals surface area contributed by atoms with E-state index in [4.69, 9.17) is 24.7 Å². The van der Waals surface area contributed by atoms with E-state index in [1.165, 1.54) is 38.7 Å². The van der Waals surface area contributed by atoms with Crippen LogP contribution in [0.1, 0.15) is 27.0 Å². The van der Waals surface area contributed by atoms with Gasteiger partial charge in [-0.15, -0.1) is 0 Å². The van der Waals surface area contributed by atoms with Crippen molar-refractivity contribution in [2.45, 2.75) is 45.3 Å². The third-order valence-electron chi connectivity index (χ3n) is 4.47. The highest BCUT2D eigenvalue weighted by Crippen LogP contribution is 2.36. The fourth-order valence-electron chi connectivity index (χ4n) is 3.18. The van der Waals surface area contributed by atoms with Crippen LogP contribution < -0.4 is 11.4 Å². The van der Waals surface area contributed by atoms with Crippen LogP contribution in [-0.4, -0.2) is 61.9 Å². The van der Waals surface area contributed by atoms with Crippen LogP contribution in [-0.2, 0) is 40.4 Å². The van der Waals surface area contributed by atoms with Crippen molar-refractivity contribution in [2.75, 3.05) is 12.3 Å². The summed E-state index contributed by atoms with van der Waals surface area (Å²) in [5, 5.41) is 0. The number of nitrogen functional groups attached to an aromatic ring is 1. The molecule has 0 saturated carbocycles. The van der Waals surface area contributed by atoms with E-state index in [2.05, 4.69) is 9.97 Å². The van der Waals surface area contributed by atoms with Crippen LogP contribution in [0.2, 0.25) is 0 Å². The van der Waals surface area contributed by atoms with Crippen LogP contribution in [0.25, 0.3) is 11.2 Å². The lowest BCUT2D eigenvalue weighted by molar-refractivity contribution is -0.166. The first-order chi connectivity index (χ1) is 14.1. The Bertz CT molecular complexity index is 1060. The zero-order valence-corrected chi connectivity index (χ0v) is 16.7. The largest absolute Gasteiger partial charge is 0.463 e. The van der Waals surface area contributed by atoms with Crippen molar-refractivity contribution in [1.29, 1.82) is 0 Å². The van der Waals surface area contributed by atoms with Crippen LogP contribution in [0.15, 0.2) is 11.1 Å². The monoisotopic (exact) mass is 423 g/mol. The minimum atomic E-state index is -1.13. The summed E-state index contributed by atoms with van der Waals surface area (Å²) in [5.74, 6) is -1.80. The van der Waals surface area contributed by atoms with Crippen LogP contribution in [0.4, 0.5) is 5.82 Å². The average Bonchev–Trinajstić information content (AvgIpc) is 3.19. The standard InChI is InChI=1S/C17H21N5O8/c1-7(23)27-5-10-12(28-8(2)24)13(29-9(3)25)16(30-10)22-6-19-11-14(18)21(4)17(26)20-15(11)22/h6,10,12-13,16H,5,18H2,1-4H3/t10-,12-,13-,16-/m1/s1. The molecule has 3 heterocycles. The Kier molecular flexibility index (Phi) is 5.73. The molecule has 30 heavy (non-hydrogen) atoms. The first-order valence-corrected chi connectivity index (χ1v) is 8.92. The SMILES string of the molecule is CC(=O)OC[C@H]1O[C@@H](n2cnc3c(N)n(C)c(=O)nc32)[C@H](OC(C)=O)[C@@H]1OC(C)=O. The van der Waals surface area contributed by atoms with E-state index < -0.39 is 48.1 Å². The molecule has 2 aromatic heterocycles. The molecule has 2 N–H and O–H groups in total. The van der Waals surface area contributed by atoms with E-state index in [9.17, 15) is 19.2 Å². The van der Waals surface area contributed by atoms with Gasteiger partial charge in [0.25, 0.3) is 0 Å². The van der Waals surface area contributed by atoms with Crippen molar-refractivity contribution >= 4 is 34.9 Å². The Hall–Kier alpha value is -3.48. The molecule has 162 valence electrons. The normalized spacial score (nSPS) is 23.3. The summed E-state index contributed by atoms with van der Waals surface area (Å²) in [6.07, 6.45) is -2.93. The quantitative estimate of drug-likeness (QED) is 0.464. The van der Waals surface area contributed by atoms with Gasteiger partial charge in [-0.3, -0.25) is 23.5 Å². The van der Waals surface area contributed by atoms with Gasteiger partial charge in [-0.2, -0.15) is 4.98 Å². The highest BCUT2D eigenvalue weighted by atomic mass is 16.7. The Balaban J connectivity index is 2.08. The molecule has 1 saturated heterocycles. The minimum absolute atomic E-state index is 0.0822. The average molecular weight is 423 g/mol. The molecule has 4 atom stereocenters. The first kappa shape index (κ1) is 21.2. The van der Waals surface area contributed by atoms with Crippen LogP contribution in [0, 0.1) is 0 Å². The maximum atomic E-state index is 12.1. The lowest BCUT2D eigenvalue weighted by Crippen LogP contribution is -2.40. The highest BCUT2D eigenvalue weighted by molar-refractivity contribution is 5.81. The van der Waals surface area contributed by atoms with Gasteiger partial charge >= 0.3 is 23.6 Å². The van der Waals surface area contributed by atoms with Crippen molar-refractivity contribution in [2.24, 2.45) is 7.05 Å². The summed E-state index contributed by atoms with van der Waals surface area (Å²) < 4.78 is 24.0. The smallest absolute Gasteiger partial charge is 0.350 e. The fourth-order valence-corrected chi connectivity index (χ4v) is 3.18. The maximum absolute atomic E-state index is 12.1. The molecule has 1 aliphatic rings. The van der Waals surface area contributed by atoms with Crippen molar-refractivity contribution in [3.05, 3.63) is 16.8 Å². The second-order valence-electron chi connectivity index (χ2n) is 6.68. The molecule has 0 bridgehead atoms. The molecule has 3 rings (SSSR count). The van der Waals surface area contributed by atoms with E-state index in [-0.39, 0.29) is 23.6 Å². The summed E-state index contributed by atoms with van der Waals surface area (Å²) in [6, 6.07) is 0. The predicted octanol–water partition coefficient (Wildman–Crippen LogP) is -0.964. The van der Waals surface area contributed by atoms with E-state index >= 15 is 0 Å². The van der Waals surface area contributed by atoms with E-state index in [0.29, 0.717) is 0 Å². The Morgan fingerprint density at radius 1 is 1.13 bits per heavy atom. The highest BCUT2D eigenvalue weighted by Gasteiger charge is 2.51. The summed E-state index contributed by atoms with van der Waals surface area (Å²) in [6.45, 7) is 3.31. The van der Waals surface area contributed by atoms with Crippen LogP contribution in [0.3, 0.4) is 0 Å². The molecule has 1 fully saturated rings. The number of anilines is 1. The second-order valence-corrected chi connectivity index (χ2v) is 6.68. The second kappa shape index (κ2) is 8.10. The molecule has 0 spiro atoms. The fraction of sp³-hybridized carbons (Fsp3) is 0.529. The number of carbonyl (C=O) groups excluding carboxylic acids is 3. The third-order valence-corrected chi connectivity index (χ3v) is 4.47. The van der Waals surface area contributed by atoms with Crippen molar-refractivity contribution in [3.63, 3.8) is 0 Å². The lowest BCUT2D eigenvalue weighted by atomic mass is 10.1. The number of carbonyl (C=O) groups is 3. The molecular formula is C17H21N5O8. The Labute approximate surface area is 169 Å². The number of imidazole rings is 1. The zero-order chi connectivity index (χ0) is 22.2. The molecule has 13 heteroatoms. The maximum Gasteiger partial charge on any atom is 0.350 e. The number of nitrogens with zero attached hydrogens (tertiary/aromatic N) is 4. The number of esters is 3. The summed E-state index contributed by atoms with van der Waals surface area (Å²) in [7, 11) is 1.45. The third kappa shape index (κ3) is 3.96. The predicted molar refractivity (Wildman–Crippen MR) is 98.8 cm³/mol. The van der Waals surface area contributed by atoms with Gasteiger partial charge in [-0.05, 0) is 0 Å². The van der Waals surface area contributed by atoms with Crippen LogP contribution >= 0.6 is 0 Å². The van der Waals surface area contributed by atoms with Gasteiger partial charge in [0.05, 0.1) is 6.33 Å². The number of fused-ring (bicyclic) bond motifs is 1. The zero-order valence-electron chi connectivity index (χ0n) is 16.7.